The third-order valence-electron chi connectivity index (χ3n) is 4.39. The highest BCUT2D eigenvalue weighted by molar-refractivity contribution is 8.13. The summed E-state index contributed by atoms with van der Waals surface area (Å²) in [5, 5.41) is 5.27. The van der Waals surface area contributed by atoms with Crippen molar-refractivity contribution in [2.45, 2.75) is 17.4 Å². The Kier molecular flexibility index (Phi) is 7.04. The van der Waals surface area contributed by atoms with Crippen LogP contribution in [0.15, 0.2) is 83.8 Å². The first-order valence-electron chi connectivity index (χ1n) is 9.18. The van der Waals surface area contributed by atoms with E-state index in [0.29, 0.717) is 5.69 Å². The van der Waals surface area contributed by atoms with Gasteiger partial charge in [-0.05, 0) is 48.0 Å². The molecule has 160 valence electrons. The van der Waals surface area contributed by atoms with Crippen molar-refractivity contribution in [3.63, 3.8) is 0 Å². The summed E-state index contributed by atoms with van der Waals surface area (Å²) < 4.78 is 36.2. The third kappa shape index (κ3) is 6.37. The van der Waals surface area contributed by atoms with Gasteiger partial charge in [-0.1, -0.05) is 36.4 Å². The molecule has 0 aromatic heterocycles. The van der Waals surface area contributed by atoms with Gasteiger partial charge in [-0.15, -0.1) is 0 Å². The lowest BCUT2D eigenvalue weighted by Gasteiger charge is -2.19. The minimum Gasteiger partial charge on any atom is -0.340 e. The van der Waals surface area contributed by atoms with Gasteiger partial charge in [0, 0.05) is 28.4 Å². The summed E-state index contributed by atoms with van der Waals surface area (Å²) in [7, 11) is 1.41. The summed E-state index contributed by atoms with van der Waals surface area (Å²) in [5.74, 6) is -1.68. The quantitative estimate of drug-likeness (QED) is 0.525. The van der Waals surface area contributed by atoms with Gasteiger partial charge in [-0.3, -0.25) is 9.59 Å². The van der Waals surface area contributed by atoms with Crippen LogP contribution in [0.2, 0.25) is 0 Å². The zero-order valence-electron chi connectivity index (χ0n) is 16.1. The lowest BCUT2D eigenvalue weighted by Crippen LogP contribution is -2.45. The molecular weight excluding hydrogens is 443 g/mol. The molecule has 0 bridgehead atoms. The Morgan fingerprint density at radius 2 is 1.61 bits per heavy atom. The predicted octanol–water partition coefficient (Wildman–Crippen LogP) is 3.73. The van der Waals surface area contributed by atoms with E-state index in [2.05, 4.69) is 10.6 Å². The molecular formula is C22H18ClFN2O4S. The van der Waals surface area contributed by atoms with Gasteiger partial charge in [0.05, 0.1) is 4.90 Å². The molecule has 0 fully saturated rings. The van der Waals surface area contributed by atoms with Gasteiger partial charge >= 0.3 is 0 Å². The number of benzene rings is 3. The molecule has 3 rings (SSSR count). The number of anilines is 1. The highest BCUT2D eigenvalue weighted by atomic mass is 35.7. The Labute approximate surface area is 183 Å². The Balaban J connectivity index is 1.79. The number of amides is 2. The molecule has 0 saturated carbocycles. The van der Waals surface area contributed by atoms with Crippen LogP contribution in [-0.4, -0.2) is 26.3 Å². The van der Waals surface area contributed by atoms with E-state index in [0.717, 1.165) is 11.6 Å². The van der Waals surface area contributed by atoms with Crippen molar-refractivity contribution in [2.24, 2.45) is 0 Å². The Morgan fingerprint density at radius 3 is 2.23 bits per heavy atom. The summed E-state index contributed by atoms with van der Waals surface area (Å²) in [6, 6.07) is 18.6. The fourth-order valence-corrected chi connectivity index (χ4v) is 3.63. The number of nitrogens with one attached hydrogen (secondary N) is 2. The standard InChI is InChI=1S/C22H18ClFN2O4S/c23-31(29,30)19-11-9-18(10-12-19)25-22(28)20(13-15-5-2-1-3-6-15)26-21(27)16-7-4-8-17(24)14-16/h1-12,14,20H,13H2,(H,25,28)(H,26,27). The molecule has 0 aliphatic rings. The van der Waals surface area contributed by atoms with Gasteiger partial charge in [0.15, 0.2) is 0 Å². The van der Waals surface area contributed by atoms with Gasteiger partial charge in [-0.25, -0.2) is 12.8 Å². The van der Waals surface area contributed by atoms with E-state index in [1.54, 1.807) is 0 Å². The maximum Gasteiger partial charge on any atom is 0.261 e. The normalized spacial score (nSPS) is 12.1. The first-order chi connectivity index (χ1) is 14.7. The van der Waals surface area contributed by atoms with Crippen LogP contribution in [0.3, 0.4) is 0 Å². The van der Waals surface area contributed by atoms with Crippen molar-refractivity contribution >= 4 is 37.2 Å². The highest BCUT2D eigenvalue weighted by Gasteiger charge is 2.22. The van der Waals surface area contributed by atoms with Crippen LogP contribution >= 0.6 is 10.7 Å². The van der Waals surface area contributed by atoms with Gasteiger partial charge in [0.2, 0.25) is 5.91 Å². The average Bonchev–Trinajstić information content (AvgIpc) is 2.73. The monoisotopic (exact) mass is 460 g/mol. The Bertz CT molecular complexity index is 1190. The van der Waals surface area contributed by atoms with E-state index in [4.69, 9.17) is 10.7 Å². The molecule has 9 heteroatoms. The minimum atomic E-state index is -3.88. The summed E-state index contributed by atoms with van der Waals surface area (Å²) >= 11 is 0. The maximum atomic E-state index is 13.5. The zero-order valence-corrected chi connectivity index (χ0v) is 17.7. The molecule has 0 saturated heterocycles. The SMILES string of the molecule is O=C(NC(Cc1ccccc1)C(=O)Nc1ccc(S(=O)(=O)Cl)cc1)c1cccc(F)c1. The molecule has 0 heterocycles. The van der Waals surface area contributed by atoms with Gasteiger partial charge < -0.3 is 10.6 Å². The third-order valence-corrected chi connectivity index (χ3v) is 5.76. The number of halogens is 2. The molecule has 0 aliphatic heterocycles. The lowest BCUT2D eigenvalue weighted by molar-refractivity contribution is -0.118. The van der Waals surface area contributed by atoms with E-state index in [-0.39, 0.29) is 16.9 Å². The van der Waals surface area contributed by atoms with Crippen molar-refractivity contribution in [3.8, 4) is 0 Å². The second kappa shape index (κ2) is 9.72. The van der Waals surface area contributed by atoms with Crippen LogP contribution in [0, 0.1) is 5.82 Å². The largest absolute Gasteiger partial charge is 0.340 e. The van der Waals surface area contributed by atoms with Crippen molar-refractivity contribution in [3.05, 3.63) is 95.8 Å². The molecule has 2 N–H and O–H groups in total. The highest BCUT2D eigenvalue weighted by Crippen LogP contribution is 2.18. The second-order valence-electron chi connectivity index (χ2n) is 6.68. The van der Waals surface area contributed by atoms with Crippen LogP contribution < -0.4 is 10.6 Å². The van der Waals surface area contributed by atoms with Crippen molar-refractivity contribution in [2.75, 3.05) is 5.32 Å². The molecule has 0 aliphatic carbocycles. The topological polar surface area (TPSA) is 92.3 Å². The fourth-order valence-electron chi connectivity index (χ4n) is 2.86. The smallest absolute Gasteiger partial charge is 0.261 e. The molecule has 1 unspecified atom stereocenters. The molecule has 2 amide bonds. The predicted molar refractivity (Wildman–Crippen MR) is 116 cm³/mol. The van der Waals surface area contributed by atoms with E-state index in [9.17, 15) is 22.4 Å². The second-order valence-corrected chi connectivity index (χ2v) is 9.24. The first-order valence-corrected chi connectivity index (χ1v) is 11.5. The van der Waals surface area contributed by atoms with Crippen LogP contribution in [0.5, 0.6) is 0 Å². The Morgan fingerprint density at radius 1 is 0.935 bits per heavy atom. The molecule has 3 aromatic rings. The zero-order chi connectivity index (χ0) is 22.4. The van der Waals surface area contributed by atoms with Crippen molar-refractivity contribution in [1.82, 2.24) is 5.32 Å². The number of carbonyl (C=O) groups excluding carboxylic acids is 2. The van der Waals surface area contributed by atoms with Crippen LogP contribution in [0.25, 0.3) is 0 Å². The fraction of sp³-hybridized carbons (Fsp3) is 0.0909. The molecule has 3 aromatic carbocycles. The average molecular weight is 461 g/mol. The summed E-state index contributed by atoms with van der Waals surface area (Å²) in [6.07, 6.45) is 0.196. The van der Waals surface area contributed by atoms with E-state index in [1.165, 1.54) is 42.5 Å². The van der Waals surface area contributed by atoms with Gasteiger partial charge in [0.25, 0.3) is 15.0 Å². The Hall–Kier alpha value is -3.23. The number of hydrogen-bond acceptors (Lipinski definition) is 4. The summed E-state index contributed by atoms with van der Waals surface area (Å²) in [6.45, 7) is 0. The number of hydrogen-bond donors (Lipinski definition) is 2. The minimum absolute atomic E-state index is 0.0857. The molecule has 6 nitrogen and oxygen atoms in total. The number of carbonyl (C=O) groups is 2. The van der Waals surface area contributed by atoms with Crippen LogP contribution in [0.1, 0.15) is 15.9 Å². The summed E-state index contributed by atoms with van der Waals surface area (Å²) in [4.78, 5) is 25.4. The first kappa shape index (κ1) is 22.5. The van der Waals surface area contributed by atoms with E-state index in [1.807, 2.05) is 30.3 Å². The van der Waals surface area contributed by atoms with Crippen LogP contribution in [-0.2, 0) is 20.3 Å². The van der Waals surface area contributed by atoms with E-state index < -0.39 is 32.7 Å². The molecule has 31 heavy (non-hydrogen) atoms. The van der Waals surface area contributed by atoms with Crippen molar-refractivity contribution < 1.29 is 22.4 Å². The van der Waals surface area contributed by atoms with Gasteiger partial charge in [0.1, 0.15) is 11.9 Å². The van der Waals surface area contributed by atoms with Crippen LogP contribution in [0.4, 0.5) is 10.1 Å². The number of rotatable bonds is 7. The molecule has 0 radical (unpaired) electrons. The van der Waals surface area contributed by atoms with E-state index >= 15 is 0 Å². The molecule has 1 atom stereocenters. The molecule has 0 spiro atoms. The maximum absolute atomic E-state index is 13.5. The summed E-state index contributed by atoms with van der Waals surface area (Å²) in [5.41, 5.74) is 1.22. The lowest BCUT2D eigenvalue weighted by atomic mass is 10.0. The van der Waals surface area contributed by atoms with Gasteiger partial charge in [-0.2, -0.15) is 0 Å². The van der Waals surface area contributed by atoms with Crippen molar-refractivity contribution in [1.29, 1.82) is 0 Å².